The van der Waals surface area contributed by atoms with Crippen molar-refractivity contribution in [3.63, 3.8) is 0 Å². The third-order valence-corrected chi connectivity index (χ3v) is 3.74. The Bertz CT molecular complexity index is 401. The molecule has 0 saturated carbocycles. The van der Waals surface area contributed by atoms with Gasteiger partial charge in [0.05, 0.1) is 19.3 Å². The van der Waals surface area contributed by atoms with Gasteiger partial charge in [-0.25, -0.2) is 0 Å². The number of rotatable bonds is 5. The molecule has 0 aliphatic carbocycles. The number of aliphatic hydroxyl groups excluding tert-OH is 1. The van der Waals surface area contributed by atoms with Crippen molar-refractivity contribution >= 4 is 5.69 Å². The summed E-state index contributed by atoms with van der Waals surface area (Å²) in [4.78, 5) is 2.41. The predicted molar refractivity (Wildman–Crippen MR) is 77.3 cm³/mol. The van der Waals surface area contributed by atoms with Gasteiger partial charge in [-0.1, -0.05) is 18.2 Å². The fourth-order valence-corrected chi connectivity index (χ4v) is 2.80. The summed E-state index contributed by atoms with van der Waals surface area (Å²) in [6.07, 6.45) is 2.31. The molecule has 1 heterocycles. The molecule has 0 aromatic heterocycles. The second-order valence-corrected chi connectivity index (χ2v) is 5.07. The highest BCUT2D eigenvalue weighted by Gasteiger charge is 2.22. The second-order valence-electron chi connectivity index (χ2n) is 5.07. The minimum absolute atomic E-state index is 0.106. The molecule has 1 aliphatic heterocycles. The molecule has 1 aromatic carbocycles. The van der Waals surface area contributed by atoms with Crippen molar-refractivity contribution in [3.8, 4) is 0 Å². The fourth-order valence-electron chi connectivity index (χ4n) is 2.80. The lowest BCUT2D eigenvalue weighted by molar-refractivity contribution is 0.0159. The lowest BCUT2D eigenvalue weighted by Gasteiger charge is -2.35. The minimum Gasteiger partial charge on any atom is -0.394 e. The van der Waals surface area contributed by atoms with Crippen LogP contribution in [-0.4, -0.2) is 37.5 Å². The molecule has 106 valence electrons. The van der Waals surface area contributed by atoms with E-state index in [9.17, 15) is 0 Å². The second kappa shape index (κ2) is 6.89. The first-order chi connectivity index (χ1) is 9.26. The molecule has 1 aliphatic rings. The number of para-hydroxylation sites is 1. The first kappa shape index (κ1) is 14.3. The van der Waals surface area contributed by atoms with Crippen LogP contribution in [0.15, 0.2) is 18.2 Å². The molecule has 0 amide bonds. The van der Waals surface area contributed by atoms with Gasteiger partial charge in [0.25, 0.3) is 0 Å². The summed E-state index contributed by atoms with van der Waals surface area (Å²) in [5.74, 6) is 0. The molecule has 0 unspecified atom stereocenters. The molecular formula is C15H24N2O2. The number of piperidine rings is 1. The Labute approximate surface area is 115 Å². The minimum atomic E-state index is 0.106. The van der Waals surface area contributed by atoms with Gasteiger partial charge in [0.15, 0.2) is 0 Å². The summed E-state index contributed by atoms with van der Waals surface area (Å²) < 4.78 is 5.60. The quantitative estimate of drug-likeness (QED) is 0.844. The van der Waals surface area contributed by atoms with E-state index in [-0.39, 0.29) is 12.7 Å². The van der Waals surface area contributed by atoms with Gasteiger partial charge in [0, 0.05) is 25.3 Å². The van der Waals surface area contributed by atoms with Gasteiger partial charge in [0.2, 0.25) is 0 Å². The highest BCUT2D eigenvalue weighted by molar-refractivity contribution is 5.59. The van der Waals surface area contributed by atoms with Crippen LogP contribution in [0.5, 0.6) is 0 Å². The van der Waals surface area contributed by atoms with E-state index in [1.165, 1.54) is 16.8 Å². The highest BCUT2D eigenvalue weighted by atomic mass is 16.5. The van der Waals surface area contributed by atoms with Crippen LogP contribution in [0, 0.1) is 6.92 Å². The first-order valence-corrected chi connectivity index (χ1v) is 7.02. The molecule has 0 spiro atoms. The Kier molecular flexibility index (Phi) is 5.19. The zero-order valence-electron chi connectivity index (χ0n) is 11.6. The number of ether oxygens (including phenoxy) is 1. The lowest BCUT2D eigenvalue weighted by atomic mass is 10.0. The van der Waals surface area contributed by atoms with Crippen LogP contribution < -0.4 is 10.6 Å². The van der Waals surface area contributed by atoms with Crippen LogP contribution in [0.1, 0.15) is 24.0 Å². The van der Waals surface area contributed by atoms with Gasteiger partial charge < -0.3 is 20.5 Å². The molecule has 1 fully saturated rings. The number of nitrogens with two attached hydrogens (primary N) is 1. The van der Waals surface area contributed by atoms with E-state index in [1.54, 1.807) is 0 Å². The Balaban J connectivity index is 2.01. The standard InChI is InChI=1S/C15H24N2O2/c1-12-3-2-4-13(11-16)15(12)17-7-5-14(6-8-17)19-10-9-18/h2-4,14,18H,5-11,16H2,1H3. The Morgan fingerprint density at radius 2 is 2.11 bits per heavy atom. The maximum absolute atomic E-state index is 8.78. The maximum Gasteiger partial charge on any atom is 0.0701 e. The van der Waals surface area contributed by atoms with Crippen LogP contribution in [0.4, 0.5) is 5.69 Å². The van der Waals surface area contributed by atoms with E-state index in [1.807, 2.05) is 0 Å². The van der Waals surface area contributed by atoms with Crippen molar-refractivity contribution in [3.05, 3.63) is 29.3 Å². The van der Waals surface area contributed by atoms with Crippen molar-refractivity contribution in [1.29, 1.82) is 0 Å². The zero-order valence-corrected chi connectivity index (χ0v) is 11.6. The molecular weight excluding hydrogens is 240 g/mol. The summed E-state index contributed by atoms with van der Waals surface area (Å²) in [6.45, 7) is 5.26. The third kappa shape index (κ3) is 3.47. The predicted octanol–water partition coefficient (Wildman–Crippen LogP) is 1.43. The van der Waals surface area contributed by atoms with Gasteiger partial charge in [-0.05, 0) is 30.9 Å². The Morgan fingerprint density at radius 1 is 1.37 bits per heavy atom. The average Bonchev–Trinajstić information content (AvgIpc) is 2.45. The van der Waals surface area contributed by atoms with Crippen LogP contribution in [-0.2, 0) is 11.3 Å². The van der Waals surface area contributed by atoms with E-state index < -0.39 is 0 Å². The first-order valence-electron chi connectivity index (χ1n) is 7.02. The molecule has 0 atom stereocenters. The molecule has 0 radical (unpaired) electrons. The van der Waals surface area contributed by atoms with Gasteiger partial charge in [0.1, 0.15) is 0 Å². The molecule has 3 N–H and O–H groups in total. The van der Waals surface area contributed by atoms with E-state index in [4.69, 9.17) is 15.6 Å². The van der Waals surface area contributed by atoms with E-state index in [0.29, 0.717) is 13.2 Å². The van der Waals surface area contributed by atoms with Crippen molar-refractivity contribution in [2.45, 2.75) is 32.4 Å². The van der Waals surface area contributed by atoms with Gasteiger partial charge in [-0.15, -0.1) is 0 Å². The topological polar surface area (TPSA) is 58.7 Å². The number of hydrogen-bond donors (Lipinski definition) is 2. The van der Waals surface area contributed by atoms with Crippen LogP contribution in [0.25, 0.3) is 0 Å². The monoisotopic (exact) mass is 264 g/mol. The maximum atomic E-state index is 8.78. The fraction of sp³-hybridized carbons (Fsp3) is 0.600. The number of aliphatic hydroxyl groups is 1. The summed E-state index contributed by atoms with van der Waals surface area (Å²) in [7, 11) is 0. The van der Waals surface area contributed by atoms with Gasteiger partial charge in [-0.2, -0.15) is 0 Å². The van der Waals surface area contributed by atoms with Crippen LogP contribution >= 0.6 is 0 Å². The van der Waals surface area contributed by atoms with Crippen molar-refractivity contribution in [2.24, 2.45) is 5.73 Å². The molecule has 19 heavy (non-hydrogen) atoms. The number of nitrogens with zero attached hydrogens (tertiary/aromatic N) is 1. The molecule has 4 heteroatoms. The van der Waals surface area contributed by atoms with Crippen molar-refractivity contribution in [1.82, 2.24) is 0 Å². The van der Waals surface area contributed by atoms with Crippen molar-refractivity contribution in [2.75, 3.05) is 31.2 Å². The Morgan fingerprint density at radius 3 is 2.74 bits per heavy atom. The van der Waals surface area contributed by atoms with Crippen LogP contribution in [0.2, 0.25) is 0 Å². The molecule has 4 nitrogen and oxygen atoms in total. The average molecular weight is 264 g/mol. The SMILES string of the molecule is Cc1cccc(CN)c1N1CCC(OCCO)CC1. The molecule has 1 saturated heterocycles. The third-order valence-electron chi connectivity index (χ3n) is 3.74. The van der Waals surface area contributed by atoms with Crippen LogP contribution in [0.3, 0.4) is 0 Å². The van der Waals surface area contributed by atoms with Gasteiger partial charge >= 0.3 is 0 Å². The summed E-state index contributed by atoms with van der Waals surface area (Å²) >= 11 is 0. The Hall–Kier alpha value is -1.10. The molecule has 0 bridgehead atoms. The zero-order chi connectivity index (χ0) is 13.7. The number of benzene rings is 1. The highest BCUT2D eigenvalue weighted by Crippen LogP contribution is 2.28. The lowest BCUT2D eigenvalue weighted by Crippen LogP contribution is -2.38. The molecule has 2 rings (SSSR count). The van der Waals surface area contributed by atoms with E-state index >= 15 is 0 Å². The van der Waals surface area contributed by atoms with Crippen molar-refractivity contribution < 1.29 is 9.84 Å². The summed E-state index contributed by atoms with van der Waals surface area (Å²) in [6, 6.07) is 6.32. The summed E-state index contributed by atoms with van der Waals surface area (Å²) in [5.41, 5.74) is 9.64. The smallest absolute Gasteiger partial charge is 0.0701 e. The molecule has 1 aromatic rings. The number of hydrogen-bond acceptors (Lipinski definition) is 4. The van der Waals surface area contributed by atoms with E-state index in [2.05, 4.69) is 30.0 Å². The number of anilines is 1. The summed E-state index contributed by atoms with van der Waals surface area (Å²) in [5, 5.41) is 8.78. The van der Waals surface area contributed by atoms with E-state index in [0.717, 1.165) is 25.9 Å². The normalized spacial score (nSPS) is 16.9. The largest absolute Gasteiger partial charge is 0.394 e. The van der Waals surface area contributed by atoms with Gasteiger partial charge in [-0.3, -0.25) is 0 Å². The number of aryl methyl sites for hydroxylation is 1.